The van der Waals surface area contributed by atoms with Crippen molar-refractivity contribution in [2.45, 2.75) is 51.8 Å². The zero-order chi connectivity index (χ0) is 17.1. The van der Waals surface area contributed by atoms with Crippen molar-refractivity contribution < 1.29 is 14.4 Å². The van der Waals surface area contributed by atoms with Gasteiger partial charge in [0, 0.05) is 37.6 Å². The standard InChI is InChI=1S/C15H29N3O3S/c1-10(2)13(19)5-7-17-14(20)6-8-18-15(21)12(16)9-22-11(3)4/h10-12H,5-9,16H2,1-4H3,(H,17,20)(H,18,21)/t12-/m1/s1. The molecule has 0 saturated heterocycles. The number of hydrogen-bond acceptors (Lipinski definition) is 5. The molecule has 0 bridgehead atoms. The van der Waals surface area contributed by atoms with E-state index in [0.717, 1.165) is 0 Å². The van der Waals surface area contributed by atoms with E-state index in [9.17, 15) is 14.4 Å². The van der Waals surface area contributed by atoms with Gasteiger partial charge in [0.15, 0.2) is 0 Å². The molecule has 7 heteroatoms. The predicted molar refractivity (Wildman–Crippen MR) is 90.7 cm³/mol. The first-order chi connectivity index (χ1) is 10.2. The average Bonchev–Trinajstić information content (AvgIpc) is 2.44. The lowest BCUT2D eigenvalue weighted by atomic mass is 10.1. The molecule has 0 radical (unpaired) electrons. The van der Waals surface area contributed by atoms with Crippen LogP contribution in [0.3, 0.4) is 0 Å². The number of nitrogens with one attached hydrogen (secondary N) is 2. The second kappa shape index (κ2) is 11.5. The lowest BCUT2D eigenvalue weighted by Gasteiger charge is -2.13. The van der Waals surface area contributed by atoms with E-state index in [-0.39, 0.29) is 36.5 Å². The number of carbonyl (C=O) groups is 3. The summed E-state index contributed by atoms with van der Waals surface area (Å²) in [5, 5.41) is 5.74. The van der Waals surface area contributed by atoms with Gasteiger partial charge in [-0.05, 0) is 5.25 Å². The minimum atomic E-state index is -0.556. The van der Waals surface area contributed by atoms with Crippen LogP contribution in [0, 0.1) is 5.92 Å². The molecule has 1 atom stereocenters. The molecule has 0 aliphatic heterocycles. The van der Waals surface area contributed by atoms with Crippen molar-refractivity contribution in [2.24, 2.45) is 11.7 Å². The summed E-state index contributed by atoms with van der Waals surface area (Å²) in [7, 11) is 0. The van der Waals surface area contributed by atoms with Gasteiger partial charge in [0.25, 0.3) is 0 Å². The van der Waals surface area contributed by atoms with E-state index in [1.807, 2.05) is 27.7 Å². The van der Waals surface area contributed by atoms with Crippen molar-refractivity contribution in [3.8, 4) is 0 Å². The molecule has 128 valence electrons. The Balaban J connectivity index is 3.74. The van der Waals surface area contributed by atoms with Crippen molar-refractivity contribution in [1.29, 1.82) is 0 Å². The molecule has 0 unspecified atom stereocenters. The highest BCUT2D eigenvalue weighted by atomic mass is 32.2. The molecule has 2 amide bonds. The fraction of sp³-hybridized carbons (Fsp3) is 0.800. The normalized spacial score (nSPS) is 12.3. The monoisotopic (exact) mass is 331 g/mol. The molecular weight excluding hydrogens is 302 g/mol. The van der Waals surface area contributed by atoms with Crippen LogP contribution in [0.5, 0.6) is 0 Å². The molecule has 0 aromatic carbocycles. The molecule has 22 heavy (non-hydrogen) atoms. The number of nitrogens with two attached hydrogens (primary N) is 1. The Kier molecular flexibility index (Phi) is 10.9. The number of ketones is 1. The van der Waals surface area contributed by atoms with E-state index in [4.69, 9.17) is 5.73 Å². The zero-order valence-corrected chi connectivity index (χ0v) is 14.8. The van der Waals surface area contributed by atoms with Gasteiger partial charge in [0.05, 0.1) is 6.04 Å². The van der Waals surface area contributed by atoms with Gasteiger partial charge in [0.2, 0.25) is 11.8 Å². The van der Waals surface area contributed by atoms with Crippen molar-refractivity contribution in [3.63, 3.8) is 0 Å². The quantitative estimate of drug-likeness (QED) is 0.517. The van der Waals surface area contributed by atoms with Crippen LogP contribution in [-0.4, -0.2) is 47.7 Å². The lowest BCUT2D eigenvalue weighted by Crippen LogP contribution is -2.43. The van der Waals surface area contributed by atoms with Crippen LogP contribution in [0.4, 0.5) is 0 Å². The SMILES string of the molecule is CC(C)SC[C@@H](N)C(=O)NCCC(=O)NCCC(=O)C(C)C. The molecule has 0 saturated carbocycles. The molecule has 0 aromatic rings. The highest BCUT2D eigenvalue weighted by Crippen LogP contribution is 2.09. The van der Waals surface area contributed by atoms with E-state index in [1.54, 1.807) is 11.8 Å². The Hall–Kier alpha value is -1.08. The number of hydrogen-bond donors (Lipinski definition) is 3. The summed E-state index contributed by atoms with van der Waals surface area (Å²) in [5.41, 5.74) is 5.75. The van der Waals surface area contributed by atoms with E-state index >= 15 is 0 Å². The molecular formula is C15H29N3O3S. The lowest BCUT2D eigenvalue weighted by molar-refractivity contribution is -0.122. The second-order valence-electron chi connectivity index (χ2n) is 5.75. The topological polar surface area (TPSA) is 101 Å². The summed E-state index contributed by atoms with van der Waals surface area (Å²) in [4.78, 5) is 34.6. The largest absolute Gasteiger partial charge is 0.356 e. The summed E-state index contributed by atoms with van der Waals surface area (Å²) in [5.74, 6) is 0.258. The van der Waals surface area contributed by atoms with Gasteiger partial charge in [-0.1, -0.05) is 27.7 Å². The Labute approximate surface area is 137 Å². The Morgan fingerprint density at radius 3 is 2.14 bits per heavy atom. The summed E-state index contributed by atoms with van der Waals surface area (Å²) in [6, 6.07) is -0.556. The minimum Gasteiger partial charge on any atom is -0.356 e. The van der Waals surface area contributed by atoms with Crippen LogP contribution in [0.1, 0.15) is 40.5 Å². The molecule has 0 heterocycles. The number of amides is 2. The number of thioether (sulfide) groups is 1. The highest BCUT2D eigenvalue weighted by Gasteiger charge is 2.14. The molecule has 0 aliphatic rings. The van der Waals surface area contributed by atoms with Crippen LogP contribution < -0.4 is 16.4 Å². The van der Waals surface area contributed by atoms with Crippen molar-refractivity contribution in [1.82, 2.24) is 10.6 Å². The maximum absolute atomic E-state index is 11.7. The van der Waals surface area contributed by atoms with Gasteiger partial charge < -0.3 is 16.4 Å². The van der Waals surface area contributed by atoms with E-state index in [1.165, 1.54) is 0 Å². The third kappa shape index (κ3) is 10.6. The minimum absolute atomic E-state index is 0.0126. The van der Waals surface area contributed by atoms with Crippen molar-refractivity contribution >= 4 is 29.4 Å². The number of rotatable bonds is 11. The maximum atomic E-state index is 11.7. The van der Waals surface area contributed by atoms with Gasteiger partial charge in [-0.25, -0.2) is 0 Å². The Bertz CT molecular complexity index is 373. The van der Waals surface area contributed by atoms with Crippen molar-refractivity contribution in [2.75, 3.05) is 18.8 Å². The highest BCUT2D eigenvalue weighted by molar-refractivity contribution is 7.99. The number of Topliss-reactive ketones (excluding diaryl/α,β-unsaturated/α-hetero) is 1. The molecule has 0 aliphatic carbocycles. The molecule has 0 spiro atoms. The third-order valence-corrected chi connectivity index (χ3v) is 4.15. The first kappa shape index (κ1) is 20.9. The van der Waals surface area contributed by atoms with Gasteiger partial charge in [-0.15, -0.1) is 0 Å². The summed E-state index contributed by atoms with van der Waals surface area (Å²) in [6.45, 7) is 8.35. The number of carbonyl (C=O) groups excluding carboxylic acids is 3. The molecule has 6 nitrogen and oxygen atoms in total. The van der Waals surface area contributed by atoms with Crippen LogP contribution >= 0.6 is 11.8 Å². The summed E-state index contributed by atoms with van der Waals surface area (Å²) in [6.07, 6.45) is 0.527. The smallest absolute Gasteiger partial charge is 0.237 e. The Morgan fingerprint density at radius 1 is 1.00 bits per heavy atom. The first-order valence-corrected chi connectivity index (χ1v) is 8.73. The summed E-state index contributed by atoms with van der Waals surface area (Å²) >= 11 is 1.63. The van der Waals surface area contributed by atoms with Gasteiger partial charge in [-0.2, -0.15) is 11.8 Å². The van der Waals surface area contributed by atoms with E-state index in [0.29, 0.717) is 24.0 Å². The zero-order valence-electron chi connectivity index (χ0n) is 14.0. The van der Waals surface area contributed by atoms with Gasteiger partial charge >= 0.3 is 0 Å². The molecule has 0 fully saturated rings. The van der Waals surface area contributed by atoms with E-state index < -0.39 is 6.04 Å². The second-order valence-corrected chi connectivity index (χ2v) is 7.36. The third-order valence-electron chi connectivity index (χ3n) is 2.93. The molecule has 0 aromatic heterocycles. The van der Waals surface area contributed by atoms with Crippen LogP contribution in [-0.2, 0) is 14.4 Å². The Morgan fingerprint density at radius 2 is 1.59 bits per heavy atom. The summed E-state index contributed by atoms with van der Waals surface area (Å²) < 4.78 is 0. The van der Waals surface area contributed by atoms with Gasteiger partial charge in [-0.3, -0.25) is 14.4 Å². The van der Waals surface area contributed by atoms with Crippen molar-refractivity contribution in [3.05, 3.63) is 0 Å². The fourth-order valence-corrected chi connectivity index (χ4v) is 2.25. The molecule has 0 rings (SSSR count). The van der Waals surface area contributed by atoms with Crippen LogP contribution in [0.15, 0.2) is 0 Å². The van der Waals surface area contributed by atoms with Gasteiger partial charge in [0.1, 0.15) is 5.78 Å². The fourth-order valence-electron chi connectivity index (χ4n) is 1.50. The predicted octanol–water partition coefficient (Wildman–Crippen LogP) is 0.693. The molecule has 4 N–H and O–H groups in total. The van der Waals surface area contributed by atoms with E-state index in [2.05, 4.69) is 10.6 Å². The maximum Gasteiger partial charge on any atom is 0.237 e. The average molecular weight is 331 g/mol. The van der Waals surface area contributed by atoms with Crippen LogP contribution in [0.2, 0.25) is 0 Å². The van der Waals surface area contributed by atoms with Crippen LogP contribution in [0.25, 0.3) is 0 Å². The first-order valence-electron chi connectivity index (χ1n) is 7.68.